The zero-order chi connectivity index (χ0) is 13.4. The third kappa shape index (κ3) is 2.81. The first-order chi connectivity index (χ1) is 9.15. The molecule has 0 aromatic heterocycles. The third-order valence-electron chi connectivity index (χ3n) is 5.35. The van der Waals surface area contributed by atoms with Crippen molar-refractivity contribution in [3.05, 3.63) is 0 Å². The average molecular weight is 269 g/mol. The van der Waals surface area contributed by atoms with Gasteiger partial charge in [-0.15, -0.1) is 0 Å². The van der Waals surface area contributed by atoms with Crippen LogP contribution in [0.5, 0.6) is 0 Å². The van der Waals surface area contributed by atoms with Gasteiger partial charge in [0.2, 0.25) is 0 Å². The molecule has 4 aliphatic heterocycles. The first kappa shape index (κ1) is 13.8. The van der Waals surface area contributed by atoms with E-state index in [0.717, 1.165) is 38.5 Å². The summed E-state index contributed by atoms with van der Waals surface area (Å²) in [6.45, 7) is 9.34. The molecule has 4 heteroatoms. The molecule has 4 saturated heterocycles. The number of nitrogens with zero attached hydrogens (tertiary/aromatic N) is 2. The Bertz CT molecular complexity index is 306. The van der Waals surface area contributed by atoms with Crippen molar-refractivity contribution in [3.8, 4) is 0 Å². The molecule has 3 nitrogen and oxygen atoms in total. The van der Waals surface area contributed by atoms with E-state index in [4.69, 9.17) is 0 Å². The van der Waals surface area contributed by atoms with Gasteiger partial charge in [-0.3, -0.25) is 9.80 Å². The lowest BCUT2D eigenvalue weighted by atomic mass is 9.90. The molecule has 2 bridgehead atoms. The molecule has 110 valence electrons. The maximum Gasteiger partial charge on any atom is 0.128 e. The summed E-state index contributed by atoms with van der Waals surface area (Å²) in [6, 6.07) is 1.22. The molecule has 4 aliphatic rings. The fourth-order valence-corrected chi connectivity index (χ4v) is 4.14. The van der Waals surface area contributed by atoms with Gasteiger partial charge in [-0.2, -0.15) is 0 Å². The van der Waals surface area contributed by atoms with Crippen molar-refractivity contribution in [2.24, 2.45) is 5.92 Å². The lowest BCUT2D eigenvalue weighted by Gasteiger charge is -2.47. The second kappa shape index (κ2) is 5.66. The van der Waals surface area contributed by atoms with E-state index >= 15 is 0 Å². The summed E-state index contributed by atoms with van der Waals surface area (Å²) >= 11 is 0. The third-order valence-corrected chi connectivity index (χ3v) is 5.35. The van der Waals surface area contributed by atoms with Crippen molar-refractivity contribution in [2.75, 3.05) is 32.7 Å². The maximum atomic E-state index is 14.6. The summed E-state index contributed by atoms with van der Waals surface area (Å²) in [5.41, 5.74) is 0. The van der Waals surface area contributed by atoms with Gasteiger partial charge >= 0.3 is 0 Å². The Morgan fingerprint density at radius 3 is 2.68 bits per heavy atom. The molecule has 1 N–H and O–H groups in total. The standard InChI is InChI=1S/C15H28FN3/c1-11(2)18-6-5-15(14(16)10-18)19-9-12-3-4-13(19)8-17-7-12/h11-15,17H,3-10H2,1-2H3. The minimum atomic E-state index is -0.671. The highest BCUT2D eigenvalue weighted by Gasteiger charge is 2.41. The van der Waals surface area contributed by atoms with Crippen molar-refractivity contribution in [2.45, 2.75) is 57.4 Å². The van der Waals surface area contributed by atoms with Gasteiger partial charge in [-0.05, 0) is 45.6 Å². The average Bonchev–Trinajstić information content (AvgIpc) is 2.73. The number of nitrogens with one attached hydrogen (secondary N) is 1. The Balaban J connectivity index is 1.66. The highest BCUT2D eigenvalue weighted by molar-refractivity contribution is 4.96. The van der Waals surface area contributed by atoms with Crippen molar-refractivity contribution in [3.63, 3.8) is 0 Å². The van der Waals surface area contributed by atoms with Crippen LogP contribution in [0.4, 0.5) is 4.39 Å². The highest BCUT2D eigenvalue weighted by Crippen LogP contribution is 2.31. The number of piperidine rings is 2. The molecule has 19 heavy (non-hydrogen) atoms. The fourth-order valence-electron chi connectivity index (χ4n) is 4.14. The minimum Gasteiger partial charge on any atom is -0.315 e. The van der Waals surface area contributed by atoms with Gasteiger partial charge in [0, 0.05) is 44.3 Å². The Morgan fingerprint density at radius 2 is 1.95 bits per heavy atom. The lowest BCUT2D eigenvalue weighted by molar-refractivity contribution is -0.0135. The van der Waals surface area contributed by atoms with Crippen LogP contribution >= 0.6 is 0 Å². The van der Waals surface area contributed by atoms with Crippen LogP contribution in [0.3, 0.4) is 0 Å². The van der Waals surface area contributed by atoms with Crippen LogP contribution in [0.1, 0.15) is 33.1 Å². The number of hydrogen-bond donors (Lipinski definition) is 1. The molecular formula is C15H28FN3. The Kier molecular flexibility index (Phi) is 4.11. The van der Waals surface area contributed by atoms with E-state index in [2.05, 4.69) is 29.0 Å². The van der Waals surface area contributed by atoms with Crippen LogP contribution in [0.25, 0.3) is 0 Å². The smallest absolute Gasteiger partial charge is 0.128 e. The number of halogens is 1. The summed E-state index contributed by atoms with van der Waals surface area (Å²) in [4.78, 5) is 4.80. The molecule has 4 fully saturated rings. The first-order valence-corrected chi connectivity index (χ1v) is 7.99. The number of rotatable bonds is 2. The van der Waals surface area contributed by atoms with Crippen LogP contribution in [0, 0.1) is 5.92 Å². The van der Waals surface area contributed by atoms with Gasteiger partial charge in [0.15, 0.2) is 0 Å². The zero-order valence-electron chi connectivity index (χ0n) is 12.3. The monoisotopic (exact) mass is 269 g/mol. The zero-order valence-corrected chi connectivity index (χ0v) is 12.3. The first-order valence-electron chi connectivity index (χ1n) is 7.99. The molecule has 4 heterocycles. The number of alkyl halides is 1. The predicted molar refractivity (Wildman–Crippen MR) is 76.1 cm³/mol. The van der Waals surface area contributed by atoms with Gasteiger partial charge in [-0.1, -0.05) is 0 Å². The number of likely N-dealkylation sites (tertiary alicyclic amines) is 1. The van der Waals surface area contributed by atoms with Crippen molar-refractivity contribution in [1.82, 2.24) is 15.1 Å². The normalized spacial score (nSPS) is 41.7. The van der Waals surface area contributed by atoms with Gasteiger partial charge in [0.25, 0.3) is 0 Å². The summed E-state index contributed by atoms with van der Waals surface area (Å²) in [5.74, 6) is 0.745. The van der Waals surface area contributed by atoms with Crippen LogP contribution in [0.15, 0.2) is 0 Å². The lowest BCUT2D eigenvalue weighted by Crippen LogP contribution is -2.58. The molecule has 4 atom stereocenters. The second-order valence-corrected chi connectivity index (χ2v) is 6.91. The van der Waals surface area contributed by atoms with E-state index < -0.39 is 6.17 Å². The quantitative estimate of drug-likeness (QED) is 0.819. The molecule has 0 radical (unpaired) electrons. The molecular weight excluding hydrogens is 241 g/mol. The topological polar surface area (TPSA) is 18.5 Å². The van der Waals surface area contributed by atoms with E-state index in [1.165, 1.54) is 12.8 Å². The molecule has 4 rings (SSSR count). The van der Waals surface area contributed by atoms with Crippen molar-refractivity contribution < 1.29 is 4.39 Å². The van der Waals surface area contributed by atoms with Gasteiger partial charge < -0.3 is 5.32 Å². The Morgan fingerprint density at radius 1 is 1.11 bits per heavy atom. The van der Waals surface area contributed by atoms with Crippen molar-refractivity contribution in [1.29, 1.82) is 0 Å². The van der Waals surface area contributed by atoms with Crippen molar-refractivity contribution >= 4 is 0 Å². The Hall–Kier alpha value is -0.190. The fraction of sp³-hybridized carbons (Fsp3) is 1.00. The van der Waals surface area contributed by atoms with E-state index in [1.54, 1.807) is 0 Å². The largest absolute Gasteiger partial charge is 0.315 e. The Labute approximate surface area is 116 Å². The number of hydrogen-bond acceptors (Lipinski definition) is 3. The van der Waals surface area contributed by atoms with Crippen LogP contribution in [-0.2, 0) is 0 Å². The van der Waals surface area contributed by atoms with E-state index in [0.29, 0.717) is 18.6 Å². The molecule has 0 spiro atoms. The second-order valence-electron chi connectivity index (χ2n) is 6.91. The molecule has 4 unspecified atom stereocenters. The van der Waals surface area contributed by atoms with E-state index in [9.17, 15) is 4.39 Å². The molecule has 0 saturated carbocycles. The highest BCUT2D eigenvalue weighted by atomic mass is 19.1. The van der Waals surface area contributed by atoms with Gasteiger partial charge in [0.05, 0.1) is 0 Å². The van der Waals surface area contributed by atoms with E-state index in [1.807, 2.05) is 0 Å². The summed E-state index contributed by atoms with van der Waals surface area (Å²) in [7, 11) is 0. The van der Waals surface area contributed by atoms with Gasteiger partial charge in [-0.25, -0.2) is 4.39 Å². The maximum absolute atomic E-state index is 14.6. The van der Waals surface area contributed by atoms with Crippen LogP contribution in [0.2, 0.25) is 0 Å². The van der Waals surface area contributed by atoms with Crippen LogP contribution in [-0.4, -0.2) is 66.8 Å². The summed E-state index contributed by atoms with van der Waals surface area (Å²) < 4.78 is 14.6. The van der Waals surface area contributed by atoms with Crippen LogP contribution < -0.4 is 5.32 Å². The number of fused-ring (bicyclic) bond motifs is 4. The molecule has 0 amide bonds. The predicted octanol–water partition coefficient (Wildman–Crippen LogP) is 1.49. The summed E-state index contributed by atoms with van der Waals surface area (Å²) in [5, 5.41) is 3.55. The molecule has 0 aromatic rings. The SMILES string of the molecule is CC(C)N1CCC(N2CC3CCC2CNC3)C(F)C1. The van der Waals surface area contributed by atoms with E-state index in [-0.39, 0.29) is 6.04 Å². The molecule has 0 aromatic carbocycles. The summed E-state index contributed by atoms with van der Waals surface area (Å²) in [6.07, 6.45) is 2.92. The molecule has 0 aliphatic carbocycles. The minimum absolute atomic E-state index is 0.169. The van der Waals surface area contributed by atoms with Gasteiger partial charge in [0.1, 0.15) is 6.17 Å².